The van der Waals surface area contributed by atoms with Crippen molar-refractivity contribution < 1.29 is 14.0 Å². The Morgan fingerprint density at radius 3 is 2.62 bits per heavy atom. The molecular formula is C23H25N3O3. The number of fused-ring (bicyclic) bond motifs is 1. The first kappa shape index (κ1) is 19.2. The zero-order valence-electron chi connectivity index (χ0n) is 16.7. The Balaban J connectivity index is 1.44. The van der Waals surface area contributed by atoms with Crippen molar-refractivity contribution in [1.82, 2.24) is 15.2 Å². The molecule has 0 unspecified atom stereocenters. The van der Waals surface area contributed by atoms with Gasteiger partial charge in [-0.3, -0.25) is 9.59 Å². The third-order valence-electron chi connectivity index (χ3n) is 5.67. The van der Waals surface area contributed by atoms with Gasteiger partial charge in [0.1, 0.15) is 5.52 Å². The fourth-order valence-electron chi connectivity index (χ4n) is 3.99. The van der Waals surface area contributed by atoms with E-state index in [0.29, 0.717) is 18.0 Å². The van der Waals surface area contributed by atoms with Gasteiger partial charge in [-0.2, -0.15) is 0 Å². The second-order valence-corrected chi connectivity index (χ2v) is 7.54. The van der Waals surface area contributed by atoms with Crippen molar-refractivity contribution >= 4 is 22.9 Å². The monoisotopic (exact) mass is 391 g/mol. The summed E-state index contributed by atoms with van der Waals surface area (Å²) in [5, 5.41) is 2.88. The van der Waals surface area contributed by atoms with Crippen LogP contribution >= 0.6 is 0 Å². The van der Waals surface area contributed by atoms with Crippen LogP contribution in [0, 0.1) is 5.92 Å². The number of hydrogen-bond acceptors (Lipinski definition) is 4. The predicted molar refractivity (Wildman–Crippen MR) is 111 cm³/mol. The van der Waals surface area contributed by atoms with E-state index in [1.54, 1.807) is 17.0 Å². The van der Waals surface area contributed by atoms with Gasteiger partial charge in [0.15, 0.2) is 5.58 Å². The number of para-hydroxylation sites is 2. The van der Waals surface area contributed by atoms with E-state index in [1.807, 2.05) is 50.4 Å². The minimum atomic E-state index is -0.0318. The molecule has 2 aromatic carbocycles. The molecule has 1 aliphatic carbocycles. The van der Waals surface area contributed by atoms with Gasteiger partial charge in [0.2, 0.25) is 11.8 Å². The minimum Gasteiger partial charge on any atom is -0.436 e. The van der Waals surface area contributed by atoms with E-state index >= 15 is 0 Å². The highest BCUT2D eigenvalue weighted by Gasteiger charge is 2.33. The van der Waals surface area contributed by atoms with Crippen LogP contribution in [-0.2, 0) is 4.79 Å². The standard InChI is InChI=1S/C23H25N3O3/c1-3-24-21(27)17-12-13-18(14-17)26(2)23(28)16-10-8-15(9-11-16)22-25-19-6-4-5-7-20(19)29-22/h4-11,17-18H,3,12-14H2,1-2H3,(H,24,27)/t17-,18-/m1/s1. The number of nitrogens with zero attached hydrogens (tertiary/aromatic N) is 2. The number of carbonyl (C=O) groups excluding carboxylic acids is 2. The van der Waals surface area contributed by atoms with Gasteiger partial charge in [-0.05, 0) is 62.6 Å². The molecule has 150 valence electrons. The van der Waals surface area contributed by atoms with Crippen LogP contribution in [0.3, 0.4) is 0 Å². The predicted octanol–water partition coefficient (Wildman–Crippen LogP) is 3.87. The lowest BCUT2D eigenvalue weighted by Gasteiger charge is -2.25. The van der Waals surface area contributed by atoms with Gasteiger partial charge in [-0.25, -0.2) is 4.98 Å². The van der Waals surface area contributed by atoms with Gasteiger partial charge < -0.3 is 14.6 Å². The molecule has 1 aliphatic rings. The summed E-state index contributed by atoms with van der Waals surface area (Å²) in [7, 11) is 1.82. The maximum absolute atomic E-state index is 12.9. The summed E-state index contributed by atoms with van der Waals surface area (Å²) >= 11 is 0. The van der Waals surface area contributed by atoms with Gasteiger partial charge in [0, 0.05) is 36.7 Å². The van der Waals surface area contributed by atoms with Gasteiger partial charge in [-0.15, -0.1) is 0 Å². The molecule has 2 atom stereocenters. The second kappa shape index (κ2) is 8.07. The molecule has 0 spiro atoms. The largest absolute Gasteiger partial charge is 0.436 e. The Kier molecular flexibility index (Phi) is 5.34. The molecule has 6 nitrogen and oxygen atoms in total. The van der Waals surface area contributed by atoms with Gasteiger partial charge in [-0.1, -0.05) is 12.1 Å². The van der Waals surface area contributed by atoms with Crippen molar-refractivity contribution in [3.05, 3.63) is 54.1 Å². The maximum Gasteiger partial charge on any atom is 0.253 e. The molecule has 1 saturated carbocycles. The average molecular weight is 391 g/mol. The molecule has 1 fully saturated rings. The Bertz CT molecular complexity index is 992. The molecule has 0 bridgehead atoms. The Morgan fingerprint density at radius 1 is 1.14 bits per heavy atom. The number of aromatic nitrogens is 1. The first-order chi connectivity index (χ1) is 14.1. The van der Waals surface area contributed by atoms with E-state index < -0.39 is 0 Å². The maximum atomic E-state index is 12.9. The van der Waals surface area contributed by atoms with Crippen molar-refractivity contribution in [2.45, 2.75) is 32.2 Å². The van der Waals surface area contributed by atoms with Gasteiger partial charge in [0.05, 0.1) is 0 Å². The fourth-order valence-corrected chi connectivity index (χ4v) is 3.99. The Labute approximate surface area is 169 Å². The number of nitrogens with one attached hydrogen (secondary N) is 1. The molecule has 0 saturated heterocycles. The highest BCUT2D eigenvalue weighted by atomic mass is 16.3. The van der Waals surface area contributed by atoms with E-state index in [1.165, 1.54) is 0 Å². The van der Waals surface area contributed by atoms with E-state index in [0.717, 1.165) is 35.9 Å². The fraction of sp³-hybridized carbons (Fsp3) is 0.348. The smallest absolute Gasteiger partial charge is 0.253 e. The van der Waals surface area contributed by atoms with Crippen molar-refractivity contribution in [3.8, 4) is 11.5 Å². The lowest BCUT2D eigenvalue weighted by Crippen LogP contribution is -2.36. The summed E-state index contributed by atoms with van der Waals surface area (Å²) in [5.41, 5.74) is 3.00. The molecule has 2 amide bonds. The molecule has 1 aromatic heterocycles. The van der Waals surface area contributed by atoms with Crippen LogP contribution in [0.15, 0.2) is 52.9 Å². The van der Waals surface area contributed by atoms with E-state index in [9.17, 15) is 9.59 Å². The van der Waals surface area contributed by atoms with Crippen molar-refractivity contribution in [1.29, 1.82) is 0 Å². The van der Waals surface area contributed by atoms with Crippen molar-refractivity contribution in [2.24, 2.45) is 5.92 Å². The molecule has 4 rings (SSSR count). The van der Waals surface area contributed by atoms with Crippen LogP contribution in [0.1, 0.15) is 36.5 Å². The number of hydrogen-bond donors (Lipinski definition) is 1. The SMILES string of the molecule is CCNC(=O)[C@@H]1CC[C@@H](N(C)C(=O)c2ccc(-c3nc4ccccc4o3)cc2)C1. The van der Waals surface area contributed by atoms with Gasteiger partial charge >= 0.3 is 0 Å². The van der Waals surface area contributed by atoms with Crippen LogP contribution in [0.4, 0.5) is 0 Å². The topological polar surface area (TPSA) is 75.4 Å². The van der Waals surface area contributed by atoms with Crippen LogP contribution in [0.5, 0.6) is 0 Å². The number of rotatable bonds is 5. The van der Waals surface area contributed by atoms with Gasteiger partial charge in [0.25, 0.3) is 5.91 Å². The molecule has 1 N–H and O–H groups in total. The number of carbonyl (C=O) groups is 2. The number of oxazole rings is 1. The molecular weight excluding hydrogens is 366 g/mol. The van der Waals surface area contributed by atoms with Crippen LogP contribution in [-0.4, -0.2) is 41.3 Å². The zero-order valence-corrected chi connectivity index (χ0v) is 16.7. The minimum absolute atomic E-state index is 0.00302. The third-order valence-corrected chi connectivity index (χ3v) is 5.67. The summed E-state index contributed by atoms with van der Waals surface area (Å²) in [5.74, 6) is 0.602. The first-order valence-electron chi connectivity index (χ1n) is 10.1. The van der Waals surface area contributed by atoms with Crippen LogP contribution in [0.2, 0.25) is 0 Å². The molecule has 0 aliphatic heterocycles. The molecule has 6 heteroatoms. The molecule has 0 radical (unpaired) electrons. The average Bonchev–Trinajstić information content (AvgIpc) is 3.40. The lowest BCUT2D eigenvalue weighted by atomic mass is 10.1. The zero-order chi connectivity index (χ0) is 20.4. The van der Waals surface area contributed by atoms with E-state index in [4.69, 9.17) is 4.42 Å². The highest BCUT2D eigenvalue weighted by molar-refractivity contribution is 5.94. The molecule has 3 aromatic rings. The summed E-state index contributed by atoms with van der Waals surface area (Å²) in [6.07, 6.45) is 2.39. The lowest BCUT2D eigenvalue weighted by molar-refractivity contribution is -0.124. The number of benzene rings is 2. The first-order valence-corrected chi connectivity index (χ1v) is 10.1. The third kappa shape index (κ3) is 3.88. The van der Waals surface area contributed by atoms with Crippen molar-refractivity contribution in [2.75, 3.05) is 13.6 Å². The Hall–Kier alpha value is -3.15. The Morgan fingerprint density at radius 2 is 1.90 bits per heavy atom. The quantitative estimate of drug-likeness (QED) is 0.716. The van der Waals surface area contributed by atoms with Crippen molar-refractivity contribution in [3.63, 3.8) is 0 Å². The summed E-state index contributed by atoms with van der Waals surface area (Å²) in [6, 6.07) is 15.0. The van der Waals surface area contributed by atoms with E-state index in [-0.39, 0.29) is 23.8 Å². The summed E-state index contributed by atoms with van der Waals surface area (Å²) < 4.78 is 5.79. The summed E-state index contributed by atoms with van der Waals surface area (Å²) in [4.78, 5) is 31.2. The second-order valence-electron chi connectivity index (χ2n) is 7.54. The molecule has 1 heterocycles. The summed E-state index contributed by atoms with van der Waals surface area (Å²) in [6.45, 7) is 2.56. The number of amides is 2. The van der Waals surface area contributed by atoms with E-state index in [2.05, 4.69) is 10.3 Å². The molecule has 29 heavy (non-hydrogen) atoms. The van der Waals surface area contributed by atoms with Crippen LogP contribution < -0.4 is 5.32 Å². The normalized spacial score (nSPS) is 18.7. The van der Waals surface area contributed by atoms with Crippen LogP contribution in [0.25, 0.3) is 22.6 Å². The highest BCUT2D eigenvalue weighted by Crippen LogP contribution is 2.30.